The van der Waals surface area contributed by atoms with Gasteiger partial charge >= 0.3 is 0 Å². The van der Waals surface area contributed by atoms with E-state index in [1.54, 1.807) is 6.92 Å². The number of aryl methyl sites for hydroxylation is 1. The molecule has 0 aliphatic heterocycles. The Morgan fingerprint density at radius 3 is 2.22 bits per heavy atom. The SMILES string of the molecule is Cc1ccc(F)c(C(Br)c2ccc(Br)cc2)c1F. The number of benzene rings is 2. The Morgan fingerprint density at radius 1 is 1.00 bits per heavy atom. The van der Waals surface area contributed by atoms with Crippen LogP contribution < -0.4 is 0 Å². The average Bonchev–Trinajstić information content (AvgIpc) is 2.35. The maximum atomic E-state index is 14.0. The number of halogens is 4. The molecule has 0 N–H and O–H groups in total. The summed E-state index contributed by atoms with van der Waals surface area (Å²) in [6.07, 6.45) is 0. The zero-order valence-corrected chi connectivity index (χ0v) is 12.7. The topological polar surface area (TPSA) is 0 Å². The fourth-order valence-electron chi connectivity index (χ4n) is 1.71. The number of rotatable bonds is 2. The van der Waals surface area contributed by atoms with E-state index >= 15 is 0 Å². The smallest absolute Gasteiger partial charge is 0.133 e. The van der Waals surface area contributed by atoms with Gasteiger partial charge in [0.1, 0.15) is 11.6 Å². The van der Waals surface area contributed by atoms with Gasteiger partial charge in [-0.3, -0.25) is 0 Å². The van der Waals surface area contributed by atoms with Crippen molar-refractivity contribution in [2.45, 2.75) is 11.8 Å². The minimum Gasteiger partial charge on any atom is -0.207 e. The zero-order valence-electron chi connectivity index (χ0n) is 9.55. The maximum absolute atomic E-state index is 14.0. The second-order valence-electron chi connectivity index (χ2n) is 4.01. The molecule has 94 valence electrons. The van der Waals surface area contributed by atoms with Crippen molar-refractivity contribution in [1.82, 2.24) is 0 Å². The standard InChI is InChI=1S/C14H10Br2F2/c1-8-2-7-11(17)12(14(8)18)13(16)9-3-5-10(15)6-4-9/h2-7,13H,1H3. The van der Waals surface area contributed by atoms with Gasteiger partial charge in [0.25, 0.3) is 0 Å². The summed E-state index contributed by atoms with van der Waals surface area (Å²) in [6.45, 7) is 1.62. The third kappa shape index (κ3) is 2.64. The molecule has 2 aromatic rings. The Labute approximate surface area is 121 Å². The number of hydrogen-bond acceptors (Lipinski definition) is 0. The Hall–Kier alpha value is -0.740. The van der Waals surface area contributed by atoms with Crippen LogP contribution in [0.2, 0.25) is 0 Å². The van der Waals surface area contributed by atoms with Crippen LogP contribution in [0.25, 0.3) is 0 Å². The van der Waals surface area contributed by atoms with Crippen molar-refractivity contribution in [3.8, 4) is 0 Å². The minimum atomic E-state index is -0.539. The number of hydrogen-bond donors (Lipinski definition) is 0. The van der Waals surface area contributed by atoms with Crippen molar-refractivity contribution in [1.29, 1.82) is 0 Å². The van der Waals surface area contributed by atoms with Gasteiger partial charge in [-0.15, -0.1) is 0 Å². The van der Waals surface area contributed by atoms with E-state index in [2.05, 4.69) is 31.9 Å². The van der Waals surface area contributed by atoms with Gasteiger partial charge in [-0.1, -0.05) is 50.1 Å². The lowest BCUT2D eigenvalue weighted by molar-refractivity contribution is 0.555. The first-order valence-electron chi connectivity index (χ1n) is 5.34. The summed E-state index contributed by atoms with van der Waals surface area (Å²) < 4.78 is 28.7. The molecule has 0 spiro atoms. The van der Waals surface area contributed by atoms with E-state index in [1.165, 1.54) is 12.1 Å². The quantitative estimate of drug-likeness (QED) is 0.606. The molecule has 1 unspecified atom stereocenters. The molecule has 0 heterocycles. The fourth-order valence-corrected chi connectivity index (χ4v) is 2.70. The second-order valence-corrected chi connectivity index (χ2v) is 5.84. The van der Waals surface area contributed by atoms with E-state index in [9.17, 15) is 8.78 Å². The highest BCUT2D eigenvalue weighted by molar-refractivity contribution is 9.10. The van der Waals surface area contributed by atoms with E-state index in [1.807, 2.05) is 24.3 Å². The predicted octanol–water partition coefficient (Wildman–Crippen LogP) is 5.52. The van der Waals surface area contributed by atoms with Crippen molar-refractivity contribution in [3.05, 3.63) is 69.2 Å². The zero-order chi connectivity index (χ0) is 13.3. The summed E-state index contributed by atoms with van der Waals surface area (Å²) in [7, 11) is 0. The third-order valence-corrected chi connectivity index (χ3v) is 4.25. The molecular weight excluding hydrogens is 366 g/mol. The van der Waals surface area contributed by atoms with Crippen molar-refractivity contribution >= 4 is 31.9 Å². The van der Waals surface area contributed by atoms with Crippen molar-refractivity contribution in [3.63, 3.8) is 0 Å². The highest BCUT2D eigenvalue weighted by Crippen LogP contribution is 2.35. The molecule has 0 bridgehead atoms. The van der Waals surface area contributed by atoms with Crippen molar-refractivity contribution < 1.29 is 8.78 Å². The molecule has 0 nitrogen and oxygen atoms in total. The van der Waals surface area contributed by atoms with Crippen LogP contribution in [0.4, 0.5) is 8.78 Å². The highest BCUT2D eigenvalue weighted by Gasteiger charge is 2.20. The molecule has 18 heavy (non-hydrogen) atoms. The molecule has 4 heteroatoms. The Morgan fingerprint density at radius 2 is 1.61 bits per heavy atom. The molecule has 0 fully saturated rings. The van der Waals surface area contributed by atoms with E-state index in [0.29, 0.717) is 5.56 Å². The second kappa shape index (κ2) is 5.49. The highest BCUT2D eigenvalue weighted by atomic mass is 79.9. The molecule has 0 aromatic heterocycles. The first kappa shape index (κ1) is 13.7. The Kier molecular flexibility index (Phi) is 4.17. The van der Waals surface area contributed by atoms with Gasteiger partial charge in [-0.25, -0.2) is 8.78 Å². The lowest BCUT2D eigenvalue weighted by Gasteiger charge is -2.14. The van der Waals surface area contributed by atoms with Crippen molar-refractivity contribution in [2.75, 3.05) is 0 Å². The monoisotopic (exact) mass is 374 g/mol. The molecule has 0 saturated heterocycles. The molecule has 0 amide bonds. The van der Waals surface area contributed by atoms with Gasteiger partial charge in [0.2, 0.25) is 0 Å². The average molecular weight is 376 g/mol. The Balaban J connectivity index is 2.49. The first-order valence-corrected chi connectivity index (χ1v) is 7.05. The summed E-state index contributed by atoms with van der Waals surface area (Å²) in [6, 6.07) is 10.1. The molecule has 0 radical (unpaired) electrons. The number of alkyl halides is 1. The molecular formula is C14H10Br2F2. The first-order chi connectivity index (χ1) is 8.50. The molecule has 0 aliphatic rings. The van der Waals surface area contributed by atoms with E-state index in [4.69, 9.17) is 0 Å². The van der Waals surface area contributed by atoms with E-state index < -0.39 is 16.5 Å². The lowest BCUT2D eigenvalue weighted by atomic mass is 10.0. The van der Waals surface area contributed by atoms with Crippen LogP contribution in [0, 0.1) is 18.6 Å². The van der Waals surface area contributed by atoms with E-state index in [0.717, 1.165) is 10.0 Å². The fraction of sp³-hybridized carbons (Fsp3) is 0.143. The molecule has 2 rings (SSSR count). The third-order valence-electron chi connectivity index (χ3n) is 2.74. The summed E-state index contributed by atoms with van der Waals surface area (Å²) in [4.78, 5) is -0.495. The van der Waals surface area contributed by atoms with E-state index in [-0.39, 0.29) is 5.56 Å². The summed E-state index contributed by atoms with van der Waals surface area (Å²) in [5, 5.41) is 0. The van der Waals surface area contributed by atoms with Gasteiger partial charge in [0.15, 0.2) is 0 Å². The van der Waals surface area contributed by atoms with Gasteiger partial charge in [0, 0.05) is 10.0 Å². The maximum Gasteiger partial charge on any atom is 0.133 e. The molecule has 2 aromatic carbocycles. The van der Waals surface area contributed by atoms with Gasteiger partial charge < -0.3 is 0 Å². The molecule has 0 aliphatic carbocycles. The van der Waals surface area contributed by atoms with Crippen molar-refractivity contribution in [2.24, 2.45) is 0 Å². The normalized spacial score (nSPS) is 12.5. The van der Waals surface area contributed by atoms with Crippen LogP contribution in [0.15, 0.2) is 40.9 Å². The van der Waals surface area contributed by atoms with Crippen LogP contribution in [0.3, 0.4) is 0 Å². The largest absolute Gasteiger partial charge is 0.207 e. The summed E-state index contributed by atoms with van der Waals surface area (Å²) >= 11 is 6.69. The lowest BCUT2D eigenvalue weighted by Crippen LogP contribution is -2.02. The van der Waals surface area contributed by atoms with Crippen LogP contribution in [0.1, 0.15) is 21.5 Å². The predicted molar refractivity (Wildman–Crippen MR) is 76.0 cm³/mol. The summed E-state index contributed by atoms with van der Waals surface area (Å²) in [5.41, 5.74) is 1.30. The van der Waals surface area contributed by atoms with Crippen LogP contribution in [-0.2, 0) is 0 Å². The van der Waals surface area contributed by atoms with Crippen LogP contribution in [0.5, 0.6) is 0 Å². The minimum absolute atomic E-state index is 0.0531. The molecule has 1 atom stereocenters. The van der Waals surface area contributed by atoms with Crippen LogP contribution in [-0.4, -0.2) is 0 Å². The van der Waals surface area contributed by atoms with Crippen LogP contribution >= 0.6 is 31.9 Å². The van der Waals surface area contributed by atoms with Gasteiger partial charge in [0.05, 0.1) is 4.83 Å². The Bertz CT molecular complexity index is 565. The molecule has 0 saturated carbocycles. The van der Waals surface area contributed by atoms with Gasteiger partial charge in [-0.2, -0.15) is 0 Å². The van der Waals surface area contributed by atoms with Gasteiger partial charge in [-0.05, 0) is 36.2 Å². The summed E-state index contributed by atoms with van der Waals surface area (Å²) in [5.74, 6) is -1.04.